The summed E-state index contributed by atoms with van der Waals surface area (Å²) >= 11 is 0. The third kappa shape index (κ3) is 13.1. The SMILES string of the molecule is CCCCCCCCN(CCCCCCCC)C(=O)CCN. The second kappa shape index (κ2) is 16.8. The molecule has 0 heterocycles. The highest BCUT2D eigenvalue weighted by Gasteiger charge is 2.11. The Kier molecular flexibility index (Phi) is 16.4. The van der Waals surface area contributed by atoms with Crippen LogP contribution >= 0.6 is 0 Å². The van der Waals surface area contributed by atoms with Gasteiger partial charge in [-0.2, -0.15) is 0 Å². The molecule has 2 N–H and O–H groups in total. The Bertz CT molecular complexity index is 228. The molecule has 132 valence electrons. The molecule has 22 heavy (non-hydrogen) atoms. The van der Waals surface area contributed by atoms with Crippen molar-refractivity contribution < 1.29 is 4.79 Å². The maximum atomic E-state index is 12.1. The van der Waals surface area contributed by atoms with Crippen molar-refractivity contribution in [3.8, 4) is 0 Å². The van der Waals surface area contributed by atoms with Crippen LogP contribution in [0.3, 0.4) is 0 Å². The van der Waals surface area contributed by atoms with E-state index in [1.807, 2.05) is 0 Å². The molecule has 0 fully saturated rings. The number of hydrogen-bond donors (Lipinski definition) is 1. The molecule has 0 aliphatic heterocycles. The van der Waals surface area contributed by atoms with Crippen molar-refractivity contribution in [2.75, 3.05) is 19.6 Å². The Hall–Kier alpha value is -0.570. The number of amides is 1. The van der Waals surface area contributed by atoms with Crippen molar-refractivity contribution in [1.82, 2.24) is 4.90 Å². The van der Waals surface area contributed by atoms with Crippen LogP contribution in [0, 0.1) is 0 Å². The molecule has 0 aromatic heterocycles. The zero-order valence-corrected chi connectivity index (χ0v) is 15.2. The molecule has 0 aromatic carbocycles. The first-order valence-corrected chi connectivity index (χ1v) is 9.74. The summed E-state index contributed by atoms with van der Waals surface area (Å²) in [6.45, 7) is 6.82. The monoisotopic (exact) mass is 312 g/mol. The van der Waals surface area contributed by atoms with Gasteiger partial charge in [-0.3, -0.25) is 4.79 Å². The van der Waals surface area contributed by atoms with E-state index in [4.69, 9.17) is 5.73 Å². The van der Waals surface area contributed by atoms with Crippen LogP contribution in [0.2, 0.25) is 0 Å². The number of carbonyl (C=O) groups excluding carboxylic acids is 1. The summed E-state index contributed by atoms with van der Waals surface area (Å²) in [4.78, 5) is 14.2. The van der Waals surface area contributed by atoms with Gasteiger partial charge in [0.05, 0.1) is 0 Å². The smallest absolute Gasteiger partial charge is 0.223 e. The predicted molar refractivity (Wildman–Crippen MR) is 97.0 cm³/mol. The molecule has 0 rings (SSSR count). The van der Waals surface area contributed by atoms with Gasteiger partial charge in [0, 0.05) is 26.1 Å². The molecule has 0 radical (unpaired) electrons. The standard InChI is InChI=1S/C19H40N2O/c1-3-5-7-9-11-13-17-21(19(22)15-16-20)18-14-12-10-8-6-4-2/h3-18,20H2,1-2H3. The van der Waals surface area contributed by atoms with E-state index in [1.165, 1.54) is 64.2 Å². The molecule has 0 spiro atoms. The molecule has 3 nitrogen and oxygen atoms in total. The third-order valence-corrected chi connectivity index (χ3v) is 4.27. The molecule has 0 aliphatic rings. The molecule has 0 saturated carbocycles. The van der Waals surface area contributed by atoms with Crippen LogP contribution < -0.4 is 5.73 Å². The number of nitrogens with two attached hydrogens (primary N) is 1. The predicted octanol–water partition coefficient (Wildman–Crippen LogP) is 4.88. The molecule has 0 unspecified atom stereocenters. The van der Waals surface area contributed by atoms with Crippen LogP contribution in [0.25, 0.3) is 0 Å². The lowest BCUT2D eigenvalue weighted by atomic mass is 10.1. The molecular formula is C19H40N2O. The lowest BCUT2D eigenvalue weighted by Gasteiger charge is -2.22. The first kappa shape index (κ1) is 21.4. The molecule has 0 aliphatic carbocycles. The van der Waals surface area contributed by atoms with Crippen LogP contribution in [-0.4, -0.2) is 30.4 Å². The minimum Gasteiger partial charge on any atom is -0.343 e. The van der Waals surface area contributed by atoms with E-state index in [9.17, 15) is 4.79 Å². The number of carbonyl (C=O) groups is 1. The van der Waals surface area contributed by atoms with E-state index in [0.717, 1.165) is 25.9 Å². The Morgan fingerprint density at radius 2 is 1.14 bits per heavy atom. The van der Waals surface area contributed by atoms with Crippen molar-refractivity contribution in [1.29, 1.82) is 0 Å². The van der Waals surface area contributed by atoms with Crippen LogP contribution in [0.1, 0.15) is 97.3 Å². The maximum absolute atomic E-state index is 12.1. The fourth-order valence-electron chi connectivity index (χ4n) is 2.81. The zero-order chi connectivity index (χ0) is 16.5. The van der Waals surface area contributed by atoms with E-state index in [2.05, 4.69) is 18.7 Å². The summed E-state index contributed by atoms with van der Waals surface area (Å²) in [5, 5.41) is 0. The quantitative estimate of drug-likeness (QED) is 0.413. The fraction of sp³-hybridized carbons (Fsp3) is 0.947. The van der Waals surface area contributed by atoms with Gasteiger partial charge in [-0.05, 0) is 12.8 Å². The van der Waals surface area contributed by atoms with Crippen molar-refractivity contribution in [2.45, 2.75) is 97.3 Å². The van der Waals surface area contributed by atoms with Gasteiger partial charge in [-0.1, -0.05) is 78.1 Å². The summed E-state index contributed by atoms with van der Waals surface area (Å²) < 4.78 is 0. The average molecular weight is 313 g/mol. The van der Waals surface area contributed by atoms with E-state index in [0.29, 0.717) is 13.0 Å². The van der Waals surface area contributed by atoms with Crippen molar-refractivity contribution in [3.63, 3.8) is 0 Å². The highest BCUT2D eigenvalue weighted by molar-refractivity contribution is 5.76. The number of rotatable bonds is 16. The van der Waals surface area contributed by atoms with Gasteiger partial charge in [0.1, 0.15) is 0 Å². The van der Waals surface area contributed by atoms with Gasteiger partial charge in [-0.15, -0.1) is 0 Å². The molecule has 1 amide bonds. The van der Waals surface area contributed by atoms with Gasteiger partial charge in [-0.25, -0.2) is 0 Å². The van der Waals surface area contributed by atoms with Crippen LogP contribution in [0.15, 0.2) is 0 Å². The van der Waals surface area contributed by atoms with E-state index in [-0.39, 0.29) is 5.91 Å². The zero-order valence-electron chi connectivity index (χ0n) is 15.2. The number of hydrogen-bond acceptors (Lipinski definition) is 2. The molecule has 0 atom stereocenters. The van der Waals surface area contributed by atoms with Gasteiger partial charge in [0.15, 0.2) is 0 Å². The highest BCUT2D eigenvalue weighted by atomic mass is 16.2. The number of nitrogens with zero attached hydrogens (tertiary/aromatic N) is 1. The molecule has 0 bridgehead atoms. The number of unbranched alkanes of at least 4 members (excludes halogenated alkanes) is 10. The van der Waals surface area contributed by atoms with Crippen LogP contribution in [0.5, 0.6) is 0 Å². The lowest BCUT2D eigenvalue weighted by molar-refractivity contribution is -0.131. The minimum absolute atomic E-state index is 0.254. The Balaban J connectivity index is 3.82. The summed E-state index contributed by atoms with van der Waals surface area (Å²) in [6, 6.07) is 0. The van der Waals surface area contributed by atoms with Gasteiger partial charge in [0.25, 0.3) is 0 Å². The van der Waals surface area contributed by atoms with E-state index < -0.39 is 0 Å². The highest BCUT2D eigenvalue weighted by Crippen LogP contribution is 2.09. The third-order valence-electron chi connectivity index (χ3n) is 4.27. The normalized spacial score (nSPS) is 10.9. The first-order chi connectivity index (χ1) is 10.8. The largest absolute Gasteiger partial charge is 0.343 e. The van der Waals surface area contributed by atoms with E-state index in [1.54, 1.807) is 0 Å². The second-order valence-corrected chi connectivity index (χ2v) is 6.45. The van der Waals surface area contributed by atoms with E-state index >= 15 is 0 Å². The van der Waals surface area contributed by atoms with Crippen LogP contribution in [-0.2, 0) is 4.79 Å². The van der Waals surface area contributed by atoms with Gasteiger partial charge >= 0.3 is 0 Å². The fourth-order valence-corrected chi connectivity index (χ4v) is 2.81. The molecule has 3 heteroatoms. The Labute approximate surface area is 139 Å². The first-order valence-electron chi connectivity index (χ1n) is 9.74. The maximum Gasteiger partial charge on any atom is 0.223 e. The molecular weight excluding hydrogens is 272 g/mol. The van der Waals surface area contributed by atoms with Crippen molar-refractivity contribution in [2.24, 2.45) is 5.73 Å². The van der Waals surface area contributed by atoms with Gasteiger partial charge in [0.2, 0.25) is 5.91 Å². The van der Waals surface area contributed by atoms with Crippen LogP contribution in [0.4, 0.5) is 0 Å². The molecule has 0 saturated heterocycles. The van der Waals surface area contributed by atoms with Crippen molar-refractivity contribution in [3.05, 3.63) is 0 Å². The Morgan fingerprint density at radius 3 is 1.55 bits per heavy atom. The Morgan fingerprint density at radius 1 is 0.727 bits per heavy atom. The van der Waals surface area contributed by atoms with Gasteiger partial charge < -0.3 is 10.6 Å². The topological polar surface area (TPSA) is 46.3 Å². The summed E-state index contributed by atoms with van der Waals surface area (Å²) in [7, 11) is 0. The minimum atomic E-state index is 0.254. The summed E-state index contributed by atoms with van der Waals surface area (Å²) in [5.74, 6) is 0.254. The second-order valence-electron chi connectivity index (χ2n) is 6.45. The summed E-state index contributed by atoms with van der Waals surface area (Å²) in [5.41, 5.74) is 5.54. The summed E-state index contributed by atoms with van der Waals surface area (Å²) in [6.07, 6.45) is 15.9. The van der Waals surface area contributed by atoms with Crippen molar-refractivity contribution >= 4 is 5.91 Å². The lowest BCUT2D eigenvalue weighted by Crippen LogP contribution is -2.34. The molecule has 0 aromatic rings. The average Bonchev–Trinajstić information content (AvgIpc) is 2.52.